The number of hydrogen-bond acceptors (Lipinski definition) is 3. The van der Waals surface area contributed by atoms with Crippen molar-refractivity contribution in [2.45, 2.75) is 0 Å². The molecule has 11 heavy (non-hydrogen) atoms. The van der Waals surface area contributed by atoms with Gasteiger partial charge < -0.3 is 9.97 Å². The fourth-order valence-corrected chi connectivity index (χ4v) is 0.776. The van der Waals surface area contributed by atoms with E-state index in [0.717, 1.165) is 0 Å². The zero-order valence-corrected chi connectivity index (χ0v) is 6.74. The van der Waals surface area contributed by atoms with Gasteiger partial charge in [-0.15, -0.1) is 0 Å². The molecule has 2 aromatic rings. The smallest absolute Gasteiger partial charge is 0.276 e. The number of H-pyrrole nitrogens is 2. The van der Waals surface area contributed by atoms with Gasteiger partial charge in [0.25, 0.3) is 5.56 Å². The van der Waals surface area contributed by atoms with Crippen LogP contribution in [0.15, 0.2) is 17.4 Å². The predicted octanol–water partition coefficient (Wildman–Crippen LogP) is -0.356. The number of nitrogens with zero attached hydrogens (tertiary/aromatic N) is 2. The maximum atomic E-state index is 10.9. The molecule has 0 aliphatic heterocycles. The zero-order valence-electron chi connectivity index (χ0n) is 5.26. The van der Waals surface area contributed by atoms with Crippen LogP contribution < -0.4 is 5.56 Å². The third kappa shape index (κ3) is 1.25. The van der Waals surface area contributed by atoms with Crippen molar-refractivity contribution in [3.8, 4) is 0 Å². The van der Waals surface area contributed by atoms with E-state index in [-0.39, 0.29) is 27.9 Å². The van der Waals surface area contributed by atoms with Gasteiger partial charge in [-0.25, -0.2) is 9.97 Å². The Kier molecular flexibility index (Phi) is 2.23. The van der Waals surface area contributed by atoms with Crippen LogP contribution in [0, 0.1) is 0 Å². The van der Waals surface area contributed by atoms with Crippen molar-refractivity contribution in [2.24, 2.45) is 0 Å². The first-order chi connectivity index (χ1) is 4.88. The number of aromatic amines is 2. The van der Waals surface area contributed by atoms with Crippen molar-refractivity contribution in [1.29, 1.82) is 0 Å². The Hall–Kier alpha value is -0.910. The summed E-state index contributed by atoms with van der Waals surface area (Å²) in [7, 11) is 0. The Labute approximate surface area is 76.8 Å². The van der Waals surface area contributed by atoms with Crippen molar-refractivity contribution in [3.05, 3.63) is 23.0 Å². The topological polar surface area (TPSA) is 74.4 Å². The Morgan fingerprint density at radius 1 is 1.18 bits per heavy atom. The second-order valence-electron chi connectivity index (χ2n) is 1.83. The molecule has 0 saturated carbocycles. The van der Waals surface area contributed by atoms with Gasteiger partial charge in [-0.05, 0) is 0 Å². The molecule has 2 aromatic heterocycles. The number of nitrogens with one attached hydrogen (secondary N) is 2. The summed E-state index contributed by atoms with van der Waals surface area (Å²) in [5, 5.41) is 0. The van der Waals surface area contributed by atoms with E-state index in [1.165, 1.54) is 12.7 Å². The van der Waals surface area contributed by atoms with Crippen LogP contribution in [-0.2, 0) is 22.4 Å². The predicted molar refractivity (Wildman–Crippen MR) is 34.5 cm³/mol. The average Bonchev–Trinajstić information content (AvgIpc) is 2.36. The Morgan fingerprint density at radius 3 is 2.45 bits per heavy atom. The monoisotopic (exact) mass is 243 g/mol. The second kappa shape index (κ2) is 3.00. The SMILES string of the molecule is O=c1[nH]cnc2nc[nH]c12.[Ag]. The number of rotatable bonds is 0. The van der Waals surface area contributed by atoms with Crippen LogP contribution in [0.1, 0.15) is 0 Å². The molecule has 2 N–H and O–H groups in total. The summed E-state index contributed by atoms with van der Waals surface area (Å²) in [4.78, 5) is 23.6. The number of fused-ring (bicyclic) bond motifs is 1. The molecule has 0 unspecified atom stereocenters. The molecule has 0 saturated heterocycles. The van der Waals surface area contributed by atoms with Crippen molar-refractivity contribution in [1.82, 2.24) is 19.9 Å². The Balaban J connectivity index is 0.000000605. The Morgan fingerprint density at radius 2 is 1.82 bits per heavy atom. The molecule has 0 amide bonds. The van der Waals surface area contributed by atoms with Gasteiger partial charge in [-0.2, -0.15) is 0 Å². The van der Waals surface area contributed by atoms with E-state index in [9.17, 15) is 4.79 Å². The first kappa shape index (κ1) is 8.19. The molecular formula is C5H4AgN4O. The van der Waals surface area contributed by atoms with Crippen LogP contribution in [0.5, 0.6) is 0 Å². The van der Waals surface area contributed by atoms with Gasteiger partial charge in [-0.3, -0.25) is 4.79 Å². The quantitative estimate of drug-likeness (QED) is 0.621. The summed E-state index contributed by atoms with van der Waals surface area (Å²) >= 11 is 0. The van der Waals surface area contributed by atoms with Gasteiger partial charge in [0.1, 0.15) is 0 Å². The molecule has 0 atom stereocenters. The molecule has 2 rings (SSSR count). The first-order valence-electron chi connectivity index (χ1n) is 2.75. The Bertz CT molecular complexity index is 406. The minimum Gasteiger partial charge on any atom is -0.339 e. The second-order valence-corrected chi connectivity index (χ2v) is 1.83. The summed E-state index contributed by atoms with van der Waals surface area (Å²) in [6, 6.07) is 0. The molecule has 0 aliphatic rings. The average molecular weight is 244 g/mol. The van der Waals surface area contributed by atoms with Gasteiger partial charge in [0, 0.05) is 22.4 Å². The van der Waals surface area contributed by atoms with Crippen molar-refractivity contribution in [3.63, 3.8) is 0 Å². The fourth-order valence-electron chi connectivity index (χ4n) is 0.776. The standard InChI is InChI=1S/C5H4N4O.Ag/c10-5-3-4(7-1-6-3)8-2-9-5;/h1-2H,(H2,6,7,8,9,10);. The van der Waals surface area contributed by atoms with Gasteiger partial charge in [0.15, 0.2) is 11.2 Å². The molecule has 61 valence electrons. The summed E-state index contributed by atoms with van der Waals surface area (Å²) in [6.07, 6.45) is 2.76. The van der Waals surface area contributed by atoms with Crippen molar-refractivity contribution >= 4 is 11.2 Å². The molecule has 2 heterocycles. The third-order valence-corrected chi connectivity index (χ3v) is 1.23. The van der Waals surface area contributed by atoms with Crippen LogP contribution in [0.4, 0.5) is 0 Å². The molecule has 6 heteroatoms. The fraction of sp³-hybridized carbons (Fsp3) is 0. The summed E-state index contributed by atoms with van der Waals surface area (Å²) < 4.78 is 0. The van der Waals surface area contributed by atoms with Gasteiger partial charge in [-0.1, -0.05) is 0 Å². The van der Waals surface area contributed by atoms with Gasteiger partial charge >= 0.3 is 0 Å². The van der Waals surface area contributed by atoms with Gasteiger partial charge in [0.2, 0.25) is 0 Å². The summed E-state index contributed by atoms with van der Waals surface area (Å²) in [5.41, 5.74) is 0.675. The van der Waals surface area contributed by atoms with E-state index >= 15 is 0 Å². The van der Waals surface area contributed by atoms with Crippen LogP contribution in [0.25, 0.3) is 11.2 Å². The maximum absolute atomic E-state index is 10.9. The van der Waals surface area contributed by atoms with Crippen LogP contribution in [0.3, 0.4) is 0 Å². The first-order valence-corrected chi connectivity index (χ1v) is 2.75. The minimum absolute atomic E-state index is 0. The third-order valence-electron chi connectivity index (χ3n) is 1.23. The minimum atomic E-state index is -0.192. The van der Waals surface area contributed by atoms with E-state index in [0.29, 0.717) is 11.2 Å². The molecule has 0 aliphatic carbocycles. The number of imidazole rings is 1. The van der Waals surface area contributed by atoms with E-state index in [1.54, 1.807) is 0 Å². The molecule has 0 spiro atoms. The van der Waals surface area contributed by atoms with Crippen molar-refractivity contribution < 1.29 is 22.4 Å². The molecule has 5 nitrogen and oxygen atoms in total. The summed E-state index contributed by atoms with van der Waals surface area (Å²) in [6.45, 7) is 0. The number of aromatic nitrogens is 4. The molecule has 1 radical (unpaired) electrons. The van der Waals surface area contributed by atoms with Crippen LogP contribution >= 0.6 is 0 Å². The normalized spacial score (nSPS) is 9.45. The molecular weight excluding hydrogens is 240 g/mol. The molecule has 0 aromatic carbocycles. The van der Waals surface area contributed by atoms with Gasteiger partial charge in [0.05, 0.1) is 12.7 Å². The summed E-state index contributed by atoms with van der Waals surface area (Å²) in [5.74, 6) is 0. The van der Waals surface area contributed by atoms with Crippen molar-refractivity contribution in [2.75, 3.05) is 0 Å². The maximum Gasteiger partial charge on any atom is 0.276 e. The van der Waals surface area contributed by atoms with Crippen LogP contribution in [-0.4, -0.2) is 19.9 Å². The van der Waals surface area contributed by atoms with E-state index in [4.69, 9.17) is 0 Å². The van der Waals surface area contributed by atoms with Crippen LogP contribution in [0.2, 0.25) is 0 Å². The van der Waals surface area contributed by atoms with E-state index in [2.05, 4.69) is 19.9 Å². The largest absolute Gasteiger partial charge is 0.339 e. The van der Waals surface area contributed by atoms with E-state index < -0.39 is 0 Å². The zero-order chi connectivity index (χ0) is 6.97. The molecule has 0 fully saturated rings. The molecule has 0 bridgehead atoms. The van der Waals surface area contributed by atoms with E-state index in [1.807, 2.05) is 0 Å². The number of hydrogen-bond donors (Lipinski definition) is 2.